The fourth-order valence-electron chi connectivity index (χ4n) is 1.91. The third-order valence-electron chi connectivity index (χ3n) is 2.77. The summed E-state index contributed by atoms with van der Waals surface area (Å²) < 4.78 is 1.17. The lowest BCUT2D eigenvalue weighted by molar-refractivity contribution is 1.11. The van der Waals surface area contributed by atoms with Gasteiger partial charge in [-0.1, -0.05) is 19.1 Å². The molecular formula is C14H16N2S. The third kappa shape index (κ3) is 2.29. The standard InChI is InChI=1S/C14H16N2S/c1-5-11(9(2)3)10(4)14-16-12-8-15-7-6-13(12)17-14/h6-8H,4-5H2,1-3H3. The number of hydrogen-bond acceptors (Lipinski definition) is 3. The lowest BCUT2D eigenvalue weighted by atomic mass is 10.0. The Hall–Kier alpha value is -1.48. The van der Waals surface area contributed by atoms with Crippen LogP contribution in [0, 0.1) is 0 Å². The van der Waals surface area contributed by atoms with Gasteiger partial charge in [-0.15, -0.1) is 11.3 Å². The highest BCUT2D eigenvalue weighted by atomic mass is 32.1. The van der Waals surface area contributed by atoms with Crippen LogP contribution in [0.4, 0.5) is 0 Å². The van der Waals surface area contributed by atoms with Crippen molar-refractivity contribution in [3.05, 3.63) is 41.2 Å². The molecule has 2 aromatic heterocycles. The molecule has 2 aromatic rings. The van der Waals surface area contributed by atoms with E-state index in [-0.39, 0.29) is 0 Å². The van der Waals surface area contributed by atoms with E-state index in [1.165, 1.54) is 15.8 Å². The van der Waals surface area contributed by atoms with Crippen LogP contribution < -0.4 is 0 Å². The average molecular weight is 244 g/mol. The number of rotatable bonds is 3. The lowest BCUT2D eigenvalue weighted by Crippen LogP contribution is -1.89. The number of fused-ring (bicyclic) bond motifs is 1. The molecule has 2 rings (SSSR count). The summed E-state index contributed by atoms with van der Waals surface area (Å²) in [4.78, 5) is 8.67. The maximum Gasteiger partial charge on any atom is 0.124 e. The molecule has 0 unspecified atom stereocenters. The Kier molecular flexibility index (Phi) is 3.38. The van der Waals surface area contributed by atoms with Gasteiger partial charge in [-0.2, -0.15) is 0 Å². The molecule has 0 bridgehead atoms. The predicted molar refractivity (Wildman–Crippen MR) is 75.1 cm³/mol. The van der Waals surface area contributed by atoms with E-state index in [4.69, 9.17) is 0 Å². The maximum atomic E-state index is 4.59. The first-order valence-electron chi connectivity index (χ1n) is 5.70. The molecule has 17 heavy (non-hydrogen) atoms. The Balaban J connectivity index is 2.47. The molecule has 2 nitrogen and oxygen atoms in total. The van der Waals surface area contributed by atoms with E-state index in [1.807, 2.05) is 6.07 Å². The van der Waals surface area contributed by atoms with Crippen molar-refractivity contribution in [3.63, 3.8) is 0 Å². The molecule has 0 aliphatic rings. The highest BCUT2D eigenvalue weighted by molar-refractivity contribution is 7.19. The monoisotopic (exact) mass is 244 g/mol. The molecule has 3 heteroatoms. The second-order valence-corrected chi connectivity index (χ2v) is 5.20. The first-order valence-corrected chi connectivity index (χ1v) is 6.51. The Morgan fingerprint density at radius 1 is 1.41 bits per heavy atom. The molecule has 0 amide bonds. The summed E-state index contributed by atoms with van der Waals surface area (Å²) in [6.07, 6.45) is 4.60. The Morgan fingerprint density at radius 2 is 2.18 bits per heavy atom. The summed E-state index contributed by atoms with van der Waals surface area (Å²) in [5, 5.41) is 1.01. The quantitative estimate of drug-likeness (QED) is 0.745. The molecule has 2 heterocycles. The Bertz CT molecular complexity index is 556. The number of allylic oxidation sites excluding steroid dienone is 3. The van der Waals surface area contributed by atoms with Gasteiger partial charge in [-0.3, -0.25) is 4.98 Å². The number of aromatic nitrogens is 2. The summed E-state index contributed by atoms with van der Waals surface area (Å²) in [6, 6.07) is 2.00. The van der Waals surface area contributed by atoms with Crippen LogP contribution in [-0.2, 0) is 0 Å². The first-order chi connectivity index (χ1) is 8.13. The third-order valence-corrected chi connectivity index (χ3v) is 3.87. The highest BCUT2D eigenvalue weighted by Crippen LogP contribution is 2.31. The number of thiazole rings is 1. The molecule has 0 aliphatic carbocycles. The van der Waals surface area contributed by atoms with Crippen LogP contribution in [0.2, 0.25) is 0 Å². The highest BCUT2D eigenvalue weighted by Gasteiger charge is 2.10. The van der Waals surface area contributed by atoms with Crippen LogP contribution in [0.3, 0.4) is 0 Å². The molecule has 0 saturated carbocycles. The number of nitrogens with zero attached hydrogens (tertiary/aromatic N) is 2. The molecule has 0 aromatic carbocycles. The van der Waals surface area contributed by atoms with Crippen LogP contribution in [0.25, 0.3) is 15.8 Å². The topological polar surface area (TPSA) is 25.8 Å². The van der Waals surface area contributed by atoms with Gasteiger partial charge in [0.2, 0.25) is 0 Å². The van der Waals surface area contributed by atoms with Gasteiger partial charge in [-0.05, 0) is 31.9 Å². The van der Waals surface area contributed by atoms with E-state index in [2.05, 4.69) is 37.3 Å². The molecule has 0 fully saturated rings. The van der Waals surface area contributed by atoms with Gasteiger partial charge < -0.3 is 0 Å². The van der Waals surface area contributed by atoms with Crippen molar-refractivity contribution < 1.29 is 0 Å². The lowest BCUT2D eigenvalue weighted by Gasteiger charge is -2.07. The summed E-state index contributed by atoms with van der Waals surface area (Å²) in [6.45, 7) is 10.6. The molecule has 0 aliphatic heterocycles. The van der Waals surface area contributed by atoms with E-state index in [0.29, 0.717) is 0 Å². The van der Waals surface area contributed by atoms with Crippen molar-refractivity contribution >= 4 is 27.1 Å². The number of pyridine rings is 1. The van der Waals surface area contributed by atoms with Crippen LogP contribution in [0.15, 0.2) is 36.2 Å². The predicted octanol–water partition coefficient (Wildman–Crippen LogP) is 4.45. The van der Waals surface area contributed by atoms with E-state index >= 15 is 0 Å². The summed E-state index contributed by atoms with van der Waals surface area (Å²) in [5.41, 5.74) is 4.62. The van der Waals surface area contributed by atoms with Crippen molar-refractivity contribution in [2.75, 3.05) is 0 Å². The largest absolute Gasteiger partial charge is 0.262 e. The van der Waals surface area contributed by atoms with E-state index in [9.17, 15) is 0 Å². The Morgan fingerprint density at radius 3 is 2.76 bits per heavy atom. The zero-order valence-corrected chi connectivity index (χ0v) is 11.3. The molecular weight excluding hydrogens is 228 g/mol. The van der Waals surface area contributed by atoms with Crippen LogP contribution in [0.5, 0.6) is 0 Å². The molecule has 0 saturated heterocycles. The molecule has 0 atom stereocenters. The van der Waals surface area contributed by atoms with Gasteiger partial charge in [0, 0.05) is 11.8 Å². The van der Waals surface area contributed by atoms with Gasteiger partial charge in [0.05, 0.1) is 10.9 Å². The second kappa shape index (κ2) is 4.80. The summed E-state index contributed by atoms with van der Waals surface area (Å²) in [5.74, 6) is 0. The number of hydrogen-bond donors (Lipinski definition) is 0. The zero-order chi connectivity index (χ0) is 12.4. The fraction of sp³-hybridized carbons (Fsp3) is 0.286. The van der Waals surface area contributed by atoms with Crippen LogP contribution in [0.1, 0.15) is 32.2 Å². The van der Waals surface area contributed by atoms with Crippen molar-refractivity contribution in [1.82, 2.24) is 9.97 Å². The SMILES string of the molecule is C=C(C(CC)=C(C)C)c1nc2cnccc2s1. The Labute approximate surface area is 106 Å². The minimum absolute atomic E-state index is 0.956. The maximum absolute atomic E-state index is 4.59. The van der Waals surface area contributed by atoms with Crippen molar-refractivity contribution in [2.45, 2.75) is 27.2 Å². The van der Waals surface area contributed by atoms with Gasteiger partial charge in [0.15, 0.2) is 0 Å². The second-order valence-electron chi connectivity index (χ2n) is 4.17. The van der Waals surface area contributed by atoms with E-state index < -0.39 is 0 Å². The van der Waals surface area contributed by atoms with Crippen LogP contribution >= 0.6 is 11.3 Å². The minimum Gasteiger partial charge on any atom is -0.262 e. The van der Waals surface area contributed by atoms with Gasteiger partial charge in [-0.25, -0.2) is 4.98 Å². The average Bonchev–Trinajstić information content (AvgIpc) is 2.72. The van der Waals surface area contributed by atoms with Gasteiger partial charge in [0.25, 0.3) is 0 Å². The fourth-order valence-corrected chi connectivity index (χ4v) is 2.84. The van der Waals surface area contributed by atoms with Gasteiger partial charge >= 0.3 is 0 Å². The molecule has 0 radical (unpaired) electrons. The van der Waals surface area contributed by atoms with Crippen LogP contribution in [-0.4, -0.2) is 9.97 Å². The molecule has 0 N–H and O–H groups in total. The normalized spacial score (nSPS) is 10.5. The summed E-state index contributed by atoms with van der Waals surface area (Å²) in [7, 11) is 0. The molecule has 88 valence electrons. The molecule has 0 spiro atoms. The van der Waals surface area contributed by atoms with Gasteiger partial charge in [0.1, 0.15) is 10.5 Å². The van der Waals surface area contributed by atoms with E-state index in [0.717, 1.165) is 22.5 Å². The van der Waals surface area contributed by atoms with Crippen molar-refractivity contribution in [2.24, 2.45) is 0 Å². The minimum atomic E-state index is 0.956. The smallest absolute Gasteiger partial charge is 0.124 e. The summed E-state index contributed by atoms with van der Waals surface area (Å²) >= 11 is 1.68. The zero-order valence-electron chi connectivity index (χ0n) is 10.4. The van der Waals surface area contributed by atoms with E-state index in [1.54, 1.807) is 23.7 Å². The van der Waals surface area contributed by atoms with Crippen molar-refractivity contribution in [1.29, 1.82) is 0 Å². The first kappa shape index (κ1) is 12.0. The van der Waals surface area contributed by atoms with Crippen molar-refractivity contribution in [3.8, 4) is 0 Å².